The lowest BCUT2D eigenvalue weighted by Crippen LogP contribution is -2.46. The van der Waals surface area contributed by atoms with Gasteiger partial charge in [0.15, 0.2) is 0 Å². The van der Waals surface area contributed by atoms with Crippen LogP contribution in [0.2, 0.25) is 0 Å². The van der Waals surface area contributed by atoms with E-state index in [1.54, 1.807) is 0 Å². The molecule has 0 amide bonds. The van der Waals surface area contributed by atoms with E-state index in [-0.39, 0.29) is 6.04 Å². The molecule has 1 saturated heterocycles. The molecule has 3 nitrogen and oxygen atoms in total. The molecule has 5 rings (SSSR count). The molecule has 21 heavy (non-hydrogen) atoms. The van der Waals surface area contributed by atoms with Crippen molar-refractivity contribution in [2.45, 2.75) is 38.3 Å². The third kappa shape index (κ3) is 2.18. The number of rotatable bonds is 3. The number of carbonyl (C=O) groups is 1. The summed E-state index contributed by atoms with van der Waals surface area (Å²) in [6, 6.07) is 10.0. The van der Waals surface area contributed by atoms with Gasteiger partial charge < -0.3 is 5.11 Å². The summed E-state index contributed by atoms with van der Waals surface area (Å²) < 4.78 is 0. The third-order valence-electron chi connectivity index (χ3n) is 6.15. The summed E-state index contributed by atoms with van der Waals surface area (Å²) in [5.41, 5.74) is 1.23. The molecule has 1 N–H and O–H groups in total. The first-order valence-corrected chi connectivity index (χ1v) is 8.25. The highest BCUT2D eigenvalue weighted by Gasteiger charge is 2.55. The number of hydrogen-bond donors (Lipinski definition) is 1. The first kappa shape index (κ1) is 13.3. The summed E-state index contributed by atoms with van der Waals surface area (Å²) in [7, 11) is 0. The van der Waals surface area contributed by atoms with Crippen LogP contribution in [0.3, 0.4) is 0 Å². The fraction of sp³-hybridized carbons (Fsp3) is 0.611. The van der Waals surface area contributed by atoms with Crippen molar-refractivity contribution in [3.63, 3.8) is 0 Å². The average Bonchev–Trinajstić information content (AvgIpc) is 2.90. The second-order valence-corrected chi connectivity index (χ2v) is 7.11. The summed E-state index contributed by atoms with van der Waals surface area (Å²) in [6.07, 6.45) is 5.18. The standard InChI is InChI=1S/C18H23NO2/c20-18(21)17-16-14-8-6-13(7-9-14)15(16)11-19(17)10-12-4-2-1-3-5-12/h1-5,13-17H,6-11H2,(H,20,21)/t13?,14?,15-,16+,17+/m1/s1. The maximum atomic E-state index is 11.9. The molecule has 1 aromatic rings. The lowest BCUT2D eigenvalue weighted by Gasteiger charge is -2.46. The summed E-state index contributed by atoms with van der Waals surface area (Å²) in [5, 5.41) is 9.79. The van der Waals surface area contributed by atoms with E-state index < -0.39 is 5.97 Å². The van der Waals surface area contributed by atoms with Gasteiger partial charge in [-0.15, -0.1) is 0 Å². The number of likely N-dealkylation sites (tertiary alicyclic amines) is 1. The first-order valence-electron chi connectivity index (χ1n) is 8.25. The van der Waals surface area contributed by atoms with Crippen LogP contribution >= 0.6 is 0 Å². The van der Waals surface area contributed by atoms with E-state index in [0.29, 0.717) is 17.8 Å². The van der Waals surface area contributed by atoms with E-state index in [1.807, 2.05) is 18.2 Å². The zero-order chi connectivity index (χ0) is 14.4. The first-order chi connectivity index (χ1) is 10.2. The molecule has 0 radical (unpaired) electrons. The van der Waals surface area contributed by atoms with Crippen molar-refractivity contribution >= 4 is 5.97 Å². The Kier molecular flexibility index (Phi) is 3.26. The van der Waals surface area contributed by atoms with E-state index in [9.17, 15) is 9.90 Å². The van der Waals surface area contributed by atoms with E-state index in [1.165, 1.54) is 31.2 Å². The number of hydrogen-bond acceptors (Lipinski definition) is 2. The average molecular weight is 285 g/mol. The molecular formula is C18H23NO2. The largest absolute Gasteiger partial charge is 0.480 e. The minimum atomic E-state index is -0.606. The van der Waals surface area contributed by atoms with Gasteiger partial charge in [-0.25, -0.2) is 0 Å². The highest BCUT2D eigenvalue weighted by molar-refractivity contribution is 5.74. The van der Waals surface area contributed by atoms with Crippen molar-refractivity contribution in [2.24, 2.45) is 23.7 Å². The van der Waals surface area contributed by atoms with Crippen LogP contribution in [0.5, 0.6) is 0 Å². The van der Waals surface area contributed by atoms with E-state index in [4.69, 9.17) is 0 Å². The Morgan fingerprint density at radius 3 is 2.43 bits per heavy atom. The molecule has 4 fully saturated rings. The fourth-order valence-corrected chi connectivity index (χ4v) is 5.31. The highest BCUT2D eigenvalue weighted by atomic mass is 16.4. The summed E-state index contributed by atoms with van der Waals surface area (Å²) in [6.45, 7) is 1.77. The normalized spacial score (nSPS) is 38.4. The molecule has 3 heteroatoms. The van der Waals surface area contributed by atoms with Gasteiger partial charge in [-0.05, 0) is 54.9 Å². The molecule has 0 spiro atoms. The predicted octanol–water partition coefficient (Wildman–Crippen LogP) is 3.01. The number of benzene rings is 1. The molecule has 4 aliphatic rings. The number of carboxylic acid groups (broad SMARTS) is 1. The van der Waals surface area contributed by atoms with E-state index >= 15 is 0 Å². The van der Waals surface area contributed by atoms with E-state index in [2.05, 4.69) is 17.0 Å². The smallest absolute Gasteiger partial charge is 0.321 e. The van der Waals surface area contributed by atoms with Gasteiger partial charge in [-0.2, -0.15) is 0 Å². The molecule has 0 unspecified atom stereocenters. The van der Waals surface area contributed by atoms with Crippen LogP contribution in [0.4, 0.5) is 0 Å². The third-order valence-corrected chi connectivity index (χ3v) is 6.15. The van der Waals surface area contributed by atoms with Crippen LogP contribution < -0.4 is 0 Å². The van der Waals surface area contributed by atoms with Gasteiger partial charge in [-0.3, -0.25) is 9.69 Å². The van der Waals surface area contributed by atoms with Gasteiger partial charge in [0.2, 0.25) is 0 Å². The molecule has 2 bridgehead atoms. The van der Waals surface area contributed by atoms with Crippen molar-refractivity contribution in [2.75, 3.05) is 6.54 Å². The molecule has 1 aromatic carbocycles. The lowest BCUT2D eigenvalue weighted by molar-refractivity contribution is -0.145. The molecular weight excluding hydrogens is 262 g/mol. The van der Waals surface area contributed by atoms with Gasteiger partial charge in [0.1, 0.15) is 6.04 Å². The van der Waals surface area contributed by atoms with Crippen molar-refractivity contribution in [3.05, 3.63) is 35.9 Å². The maximum Gasteiger partial charge on any atom is 0.321 e. The number of carboxylic acids is 1. The van der Waals surface area contributed by atoms with Crippen molar-refractivity contribution in [1.29, 1.82) is 0 Å². The molecule has 0 aromatic heterocycles. The predicted molar refractivity (Wildman–Crippen MR) is 80.7 cm³/mol. The number of fused-ring (bicyclic) bond motifs is 2. The summed E-state index contributed by atoms with van der Waals surface area (Å²) >= 11 is 0. The Morgan fingerprint density at radius 2 is 1.76 bits per heavy atom. The molecule has 1 heterocycles. The van der Waals surface area contributed by atoms with Gasteiger partial charge >= 0.3 is 5.97 Å². The minimum absolute atomic E-state index is 0.261. The Labute approximate surface area is 126 Å². The van der Waals surface area contributed by atoms with Gasteiger partial charge in [0.25, 0.3) is 0 Å². The van der Waals surface area contributed by atoms with Crippen LogP contribution in [-0.2, 0) is 11.3 Å². The van der Waals surface area contributed by atoms with Crippen LogP contribution in [0.15, 0.2) is 30.3 Å². The second-order valence-electron chi connectivity index (χ2n) is 7.11. The maximum absolute atomic E-state index is 11.9. The number of nitrogens with zero attached hydrogens (tertiary/aromatic N) is 1. The van der Waals surface area contributed by atoms with Gasteiger partial charge in [0, 0.05) is 13.1 Å². The topological polar surface area (TPSA) is 40.5 Å². The second kappa shape index (κ2) is 5.13. The minimum Gasteiger partial charge on any atom is -0.480 e. The summed E-state index contributed by atoms with van der Waals surface area (Å²) in [4.78, 5) is 14.1. The van der Waals surface area contributed by atoms with E-state index in [0.717, 1.165) is 19.0 Å². The molecule has 112 valence electrons. The van der Waals surface area contributed by atoms with Gasteiger partial charge in [-0.1, -0.05) is 30.3 Å². The van der Waals surface area contributed by atoms with Crippen molar-refractivity contribution in [3.8, 4) is 0 Å². The van der Waals surface area contributed by atoms with Crippen molar-refractivity contribution in [1.82, 2.24) is 4.90 Å². The Balaban J connectivity index is 1.61. The Morgan fingerprint density at radius 1 is 1.10 bits per heavy atom. The molecule has 3 aliphatic carbocycles. The molecule has 3 atom stereocenters. The Bertz CT molecular complexity index is 521. The zero-order valence-corrected chi connectivity index (χ0v) is 12.3. The monoisotopic (exact) mass is 285 g/mol. The lowest BCUT2D eigenvalue weighted by atomic mass is 9.58. The quantitative estimate of drug-likeness (QED) is 0.928. The highest BCUT2D eigenvalue weighted by Crippen LogP contribution is 2.54. The molecule has 1 aliphatic heterocycles. The van der Waals surface area contributed by atoms with Gasteiger partial charge in [0.05, 0.1) is 0 Å². The number of aliphatic carboxylic acids is 1. The van der Waals surface area contributed by atoms with Crippen LogP contribution in [0.25, 0.3) is 0 Å². The Hall–Kier alpha value is -1.35. The van der Waals surface area contributed by atoms with Crippen LogP contribution in [0, 0.1) is 23.7 Å². The zero-order valence-electron chi connectivity index (χ0n) is 12.3. The van der Waals surface area contributed by atoms with Crippen LogP contribution in [-0.4, -0.2) is 28.6 Å². The fourth-order valence-electron chi connectivity index (χ4n) is 5.31. The SMILES string of the molecule is O=C(O)[C@@H]1[C@H]2C3CCC(CC3)[C@H]2CN1Cc1ccccc1. The van der Waals surface area contributed by atoms with Crippen LogP contribution in [0.1, 0.15) is 31.2 Å². The summed E-state index contributed by atoms with van der Waals surface area (Å²) in [5.74, 6) is 1.86. The van der Waals surface area contributed by atoms with Crippen molar-refractivity contribution < 1.29 is 9.90 Å². The molecule has 3 saturated carbocycles.